The van der Waals surface area contributed by atoms with Crippen molar-refractivity contribution < 1.29 is 14.2 Å². The molecule has 3 heteroatoms. The van der Waals surface area contributed by atoms with E-state index in [2.05, 4.69) is 26.0 Å². The van der Waals surface area contributed by atoms with Crippen LogP contribution in [-0.4, -0.2) is 26.1 Å². The number of hydrogen-bond donors (Lipinski definition) is 0. The van der Waals surface area contributed by atoms with E-state index in [4.69, 9.17) is 14.2 Å². The summed E-state index contributed by atoms with van der Waals surface area (Å²) in [6.07, 6.45) is 5.14. The highest BCUT2D eigenvalue weighted by atomic mass is 16.7. The van der Waals surface area contributed by atoms with Gasteiger partial charge >= 0.3 is 0 Å². The van der Waals surface area contributed by atoms with E-state index >= 15 is 0 Å². The Balaban J connectivity index is 0.00000100. The summed E-state index contributed by atoms with van der Waals surface area (Å²) in [7, 11) is 0. The minimum absolute atomic E-state index is 0.0168. The van der Waals surface area contributed by atoms with E-state index in [1.165, 1.54) is 31.2 Å². The molecule has 1 aliphatic heterocycles. The van der Waals surface area contributed by atoms with Gasteiger partial charge in [-0.1, -0.05) is 51.3 Å². The molecule has 0 N–H and O–H groups in total. The van der Waals surface area contributed by atoms with Crippen molar-refractivity contribution in [1.82, 2.24) is 0 Å². The van der Waals surface area contributed by atoms with Gasteiger partial charge in [-0.3, -0.25) is 0 Å². The maximum atomic E-state index is 5.97. The monoisotopic (exact) mass is 334 g/mol. The van der Waals surface area contributed by atoms with Gasteiger partial charge in [0.1, 0.15) is 5.75 Å². The van der Waals surface area contributed by atoms with Gasteiger partial charge in [-0.2, -0.15) is 0 Å². The third kappa shape index (κ3) is 5.78. The molecule has 2 fully saturated rings. The van der Waals surface area contributed by atoms with Gasteiger partial charge in [-0.25, -0.2) is 0 Å². The fourth-order valence-electron chi connectivity index (χ4n) is 3.33. The van der Waals surface area contributed by atoms with Crippen molar-refractivity contribution in [2.24, 2.45) is 17.8 Å². The van der Waals surface area contributed by atoms with Crippen LogP contribution in [0.25, 0.3) is 0 Å². The summed E-state index contributed by atoms with van der Waals surface area (Å²) in [5, 5.41) is 0. The molecule has 1 aromatic rings. The van der Waals surface area contributed by atoms with Crippen molar-refractivity contribution in [1.29, 1.82) is 0 Å². The third-order valence-electron chi connectivity index (χ3n) is 4.94. The van der Waals surface area contributed by atoms with E-state index in [1.54, 1.807) is 0 Å². The highest BCUT2D eigenvalue weighted by Gasteiger charge is 2.31. The molecular formula is C21H34O3. The van der Waals surface area contributed by atoms with E-state index in [-0.39, 0.29) is 6.29 Å². The van der Waals surface area contributed by atoms with Gasteiger partial charge in [0.25, 0.3) is 0 Å². The molecule has 1 saturated carbocycles. The first-order chi connectivity index (χ1) is 11.7. The van der Waals surface area contributed by atoms with Crippen LogP contribution in [0.3, 0.4) is 0 Å². The van der Waals surface area contributed by atoms with Crippen molar-refractivity contribution in [3.8, 4) is 5.75 Å². The van der Waals surface area contributed by atoms with E-state index < -0.39 is 0 Å². The van der Waals surface area contributed by atoms with Crippen LogP contribution in [0.15, 0.2) is 24.3 Å². The highest BCUT2D eigenvalue weighted by Crippen LogP contribution is 2.33. The molecule has 24 heavy (non-hydrogen) atoms. The lowest BCUT2D eigenvalue weighted by Gasteiger charge is -2.37. The predicted octanol–water partition coefficient (Wildman–Crippen LogP) is 5.22. The molecule has 0 amide bonds. The summed E-state index contributed by atoms with van der Waals surface area (Å²) < 4.78 is 17.8. The van der Waals surface area contributed by atoms with Gasteiger partial charge in [0, 0.05) is 11.8 Å². The Morgan fingerprint density at radius 2 is 1.54 bits per heavy atom. The molecule has 0 atom stereocenters. The molecule has 0 radical (unpaired) electrons. The zero-order valence-corrected chi connectivity index (χ0v) is 15.8. The zero-order valence-electron chi connectivity index (χ0n) is 15.8. The lowest BCUT2D eigenvalue weighted by atomic mass is 9.82. The largest absolute Gasteiger partial charge is 0.493 e. The van der Waals surface area contributed by atoms with Crippen LogP contribution < -0.4 is 4.74 Å². The number of aryl methyl sites for hydroxylation is 1. The first-order valence-corrected chi connectivity index (χ1v) is 9.63. The molecule has 3 rings (SSSR count). The average molecular weight is 335 g/mol. The summed E-state index contributed by atoms with van der Waals surface area (Å²) in [4.78, 5) is 0. The first kappa shape index (κ1) is 19.3. The molecule has 0 aromatic heterocycles. The van der Waals surface area contributed by atoms with Gasteiger partial charge in [0.05, 0.1) is 19.8 Å². The van der Waals surface area contributed by atoms with Gasteiger partial charge < -0.3 is 14.2 Å². The van der Waals surface area contributed by atoms with E-state index in [9.17, 15) is 0 Å². The summed E-state index contributed by atoms with van der Waals surface area (Å²) >= 11 is 0. The number of benzene rings is 1. The number of rotatable bonds is 4. The Kier molecular flexibility index (Phi) is 8.07. The van der Waals surface area contributed by atoms with Crippen molar-refractivity contribution in [3.05, 3.63) is 29.8 Å². The van der Waals surface area contributed by atoms with Crippen LogP contribution in [0.2, 0.25) is 0 Å². The molecular weight excluding hydrogens is 300 g/mol. The second-order valence-electron chi connectivity index (χ2n) is 7.05. The van der Waals surface area contributed by atoms with Crippen LogP contribution in [0.1, 0.15) is 52.0 Å². The molecule has 1 saturated heterocycles. The Bertz CT molecular complexity index is 441. The summed E-state index contributed by atoms with van der Waals surface area (Å²) in [5.41, 5.74) is 1.25. The van der Waals surface area contributed by atoms with Gasteiger partial charge in [0.15, 0.2) is 6.29 Å². The standard InChI is InChI=1S/C19H28O3.C2H6/c1-14-3-7-17(8-4-14)19-21-12-16(13-22-19)11-20-18-9-5-15(2)6-10-18;1-2/h5-6,9-10,14,16-17,19H,3-4,7-8,11-13H2,1-2H3;1-2H3. The quantitative estimate of drug-likeness (QED) is 0.756. The molecule has 1 aromatic carbocycles. The van der Waals surface area contributed by atoms with Crippen molar-refractivity contribution in [2.75, 3.05) is 19.8 Å². The molecule has 0 unspecified atom stereocenters. The zero-order chi connectivity index (χ0) is 17.4. The molecule has 2 aliphatic rings. The Morgan fingerprint density at radius 1 is 0.958 bits per heavy atom. The Hall–Kier alpha value is -1.06. The second-order valence-corrected chi connectivity index (χ2v) is 7.05. The SMILES string of the molecule is CC.Cc1ccc(OCC2COC(C3CCC(C)CC3)OC2)cc1. The topological polar surface area (TPSA) is 27.7 Å². The van der Waals surface area contributed by atoms with Gasteiger partial charge in [-0.05, 0) is 37.8 Å². The predicted molar refractivity (Wildman–Crippen MR) is 98.3 cm³/mol. The first-order valence-electron chi connectivity index (χ1n) is 9.63. The van der Waals surface area contributed by atoms with Crippen molar-refractivity contribution in [2.45, 2.75) is 59.7 Å². The lowest BCUT2D eigenvalue weighted by molar-refractivity contribution is -0.231. The number of hydrogen-bond acceptors (Lipinski definition) is 3. The third-order valence-corrected chi connectivity index (χ3v) is 4.94. The average Bonchev–Trinajstić information content (AvgIpc) is 2.64. The minimum Gasteiger partial charge on any atom is -0.493 e. The minimum atomic E-state index is 0.0168. The summed E-state index contributed by atoms with van der Waals surface area (Å²) in [5.74, 6) is 2.72. The molecule has 3 nitrogen and oxygen atoms in total. The van der Waals surface area contributed by atoms with Crippen molar-refractivity contribution in [3.63, 3.8) is 0 Å². The lowest BCUT2D eigenvalue weighted by Crippen LogP contribution is -2.40. The normalized spacial score (nSPS) is 30.2. The maximum Gasteiger partial charge on any atom is 0.160 e. The van der Waals surface area contributed by atoms with E-state index in [0.29, 0.717) is 18.4 Å². The van der Waals surface area contributed by atoms with Gasteiger partial charge in [0.2, 0.25) is 0 Å². The summed E-state index contributed by atoms with van der Waals surface area (Å²) in [6.45, 7) is 10.6. The van der Waals surface area contributed by atoms with E-state index in [0.717, 1.165) is 24.9 Å². The van der Waals surface area contributed by atoms with Crippen LogP contribution in [0.5, 0.6) is 5.75 Å². The van der Waals surface area contributed by atoms with Crippen molar-refractivity contribution >= 4 is 0 Å². The van der Waals surface area contributed by atoms with Crippen LogP contribution in [0.4, 0.5) is 0 Å². The van der Waals surface area contributed by atoms with Crippen LogP contribution in [0, 0.1) is 24.7 Å². The highest BCUT2D eigenvalue weighted by molar-refractivity contribution is 5.26. The van der Waals surface area contributed by atoms with Crippen LogP contribution in [-0.2, 0) is 9.47 Å². The molecule has 0 bridgehead atoms. The Morgan fingerprint density at radius 3 is 2.12 bits per heavy atom. The smallest absolute Gasteiger partial charge is 0.160 e. The summed E-state index contributed by atoms with van der Waals surface area (Å²) in [6, 6.07) is 8.18. The fraction of sp³-hybridized carbons (Fsp3) is 0.714. The fourth-order valence-corrected chi connectivity index (χ4v) is 3.33. The maximum absolute atomic E-state index is 5.97. The molecule has 1 aliphatic carbocycles. The molecule has 1 heterocycles. The molecule has 0 spiro atoms. The number of ether oxygens (including phenoxy) is 3. The Labute approximate surface area is 147 Å². The van der Waals surface area contributed by atoms with E-state index in [1.807, 2.05) is 26.0 Å². The second kappa shape index (κ2) is 10.0. The molecule has 136 valence electrons. The van der Waals surface area contributed by atoms with Gasteiger partial charge in [-0.15, -0.1) is 0 Å². The van der Waals surface area contributed by atoms with Crippen LogP contribution >= 0.6 is 0 Å².